The van der Waals surface area contributed by atoms with Crippen LogP contribution in [0, 0.1) is 5.92 Å². The zero-order chi connectivity index (χ0) is 31.8. The van der Waals surface area contributed by atoms with E-state index in [2.05, 4.69) is 6.92 Å². The predicted molar refractivity (Wildman–Crippen MR) is 169 cm³/mol. The van der Waals surface area contributed by atoms with Crippen LogP contribution in [0.4, 0.5) is 0 Å². The van der Waals surface area contributed by atoms with Crippen molar-refractivity contribution in [2.24, 2.45) is 5.92 Å². The number of hydrogen-bond acceptors (Lipinski definition) is 8. The Balaban J connectivity index is 1.38. The van der Waals surface area contributed by atoms with E-state index in [9.17, 15) is 4.79 Å². The molecule has 3 aromatic rings. The molecule has 0 spiro atoms. The van der Waals surface area contributed by atoms with Crippen molar-refractivity contribution in [2.75, 3.05) is 0 Å². The fourth-order valence-corrected chi connectivity index (χ4v) is 6.18. The zero-order valence-electron chi connectivity index (χ0n) is 26.8. The van der Waals surface area contributed by atoms with Gasteiger partial charge in [-0.3, -0.25) is 4.79 Å². The monoisotopic (exact) mass is 618 g/mol. The SMILES string of the molecule is CC(=O)OC1[C@H](C)OC(C)[C@H](OCc2ccccc2)[C@@H]1O[C@@H]1OC(C)[C@H](OCc2ccccc2)[C@H](OCc2ccccc2)C1C. The van der Waals surface area contributed by atoms with E-state index in [0.717, 1.165) is 16.7 Å². The van der Waals surface area contributed by atoms with Crippen LogP contribution in [0.15, 0.2) is 91.0 Å². The first kappa shape index (κ1) is 33.3. The van der Waals surface area contributed by atoms with E-state index in [1.165, 1.54) is 6.92 Å². The topological polar surface area (TPSA) is 81.7 Å². The maximum Gasteiger partial charge on any atom is 0.303 e. The summed E-state index contributed by atoms with van der Waals surface area (Å²) in [4.78, 5) is 12.2. The van der Waals surface area contributed by atoms with Crippen LogP contribution in [0.25, 0.3) is 0 Å². The van der Waals surface area contributed by atoms with Crippen molar-refractivity contribution in [3.63, 3.8) is 0 Å². The molecule has 8 nitrogen and oxygen atoms in total. The van der Waals surface area contributed by atoms with Gasteiger partial charge < -0.3 is 33.2 Å². The molecule has 2 aliphatic rings. The van der Waals surface area contributed by atoms with Crippen LogP contribution >= 0.6 is 0 Å². The molecule has 2 fully saturated rings. The normalized spacial score (nSPS) is 31.8. The number of esters is 1. The molecule has 242 valence electrons. The second kappa shape index (κ2) is 15.9. The first-order valence-corrected chi connectivity index (χ1v) is 15.9. The van der Waals surface area contributed by atoms with Gasteiger partial charge in [-0.15, -0.1) is 0 Å². The minimum absolute atomic E-state index is 0.230. The van der Waals surface area contributed by atoms with Crippen LogP contribution in [-0.4, -0.2) is 61.1 Å². The fourth-order valence-electron chi connectivity index (χ4n) is 6.18. The van der Waals surface area contributed by atoms with Crippen molar-refractivity contribution < 1.29 is 38.0 Å². The van der Waals surface area contributed by atoms with E-state index in [1.54, 1.807) is 0 Å². The van der Waals surface area contributed by atoms with E-state index >= 15 is 0 Å². The van der Waals surface area contributed by atoms with Crippen molar-refractivity contribution >= 4 is 5.97 Å². The number of ether oxygens (including phenoxy) is 7. The largest absolute Gasteiger partial charge is 0.457 e. The Kier molecular flexibility index (Phi) is 11.8. The molecule has 0 aliphatic carbocycles. The molecule has 0 radical (unpaired) electrons. The molecule has 45 heavy (non-hydrogen) atoms. The van der Waals surface area contributed by atoms with Crippen LogP contribution in [0.3, 0.4) is 0 Å². The van der Waals surface area contributed by atoms with Gasteiger partial charge in [0.15, 0.2) is 12.4 Å². The number of benzene rings is 3. The molecule has 10 atom stereocenters. The second-order valence-electron chi connectivity index (χ2n) is 12.1. The van der Waals surface area contributed by atoms with Crippen molar-refractivity contribution in [3.05, 3.63) is 108 Å². The number of hydrogen-bond donors (Lipinski definition) is 0. The maximum absolute atomic E-state index is 12.2. The van der Waals surface area contributed by atoms with Gasteiger partial charge in [-0.2, -0.15) is 0 Å². The van der Waals surface area contributed by atoms with Crippen molar-refractivity contribution in [1.29, 1.82) is 0 Å². The molecule has 2 saturated heterocycles. The van der Waals surface area contributed by atoms with E-state index in [-0.39, 0.29) is 30.3 Å². The molecular weight excluding hydrogens is 572 g/mol. The summed E-state index contributed by atoms with van der Waals surface area (Å²) in [5.41, 5.74) is 3.17. The Labute approximate surface area is 266 Å². The molecular formula is C37H46O8. The number of rotatable bonds is 12. The summed E-state index contributed by atoms with van der Waals surface area (Å²) in [6.45, 7) is 10.5. The lowest BCUT2D eigenvalue weighted by Gasteiger charge is -2.49. The van der Waals surface area contributed by atoms with Gasteiger partial charge in [-0.05, 0) is 37.5 Å². The van der Waals surface area contributed by atoms with Crippen molar-refractivity contribution in [3.8, 4) is 0 Å². The van der Waals surface area contributed by atoms with Crippen LogP contribution in [-0.2, 0) is 57.8 Å². The lowest BCUT2D eigenvalue weighted by Crippen LogP contribution is -2.62. The molecule has 2 aliphatic heterocycles. The molecule has 0 aromatic heterocycles. The number of carbonyl (C=O) groups excluding carboxylic acids is 1. The minimum Gasteiger partial charge on any atom is -0.457 e. The lowest BCUT2D eigenvalue weighted by atomic mass is 9.91. The average Bonchev–Trinajstić information content (AvgIpc) is 3.04. The molecule has 0 bridgehead atoms. The Morgan fingerprint density at radius 1 is 0.556 bits per heavy atom. The third-order valence-corrected chi connectivity index (χ3v) is 8.53. The van der Waals surface area contributed by atoms with Crippen LogP contribution in [0.1, 0.15) is 51.3 Å². The van der Waals surface area contributed by atoms with Crippen molar-refractivity contribution in [2.45, 2.75) is 110 Å². The highest BCUT2D eigenvalue weighted by atomic mass is 16.7. The van der Waals surface area contributed by atoms with E-state index < -0.39 is 36.7 Å². The van der Waals surface area contributed by atoms with E-state index in [1.807, 2.05) is 112 Å². The first-order valence-electron chi connectivity index (χ1n) is 15.9. The lowest BCUT2D eigenvalue weighted by molar-refractivity contribution is -0.335. The summed E-state index contributed by atoms with van der Waals surface area (Å²) in [6.07, 6.45) is -4.29. The first-order chi connectivity index (χ1) is 21.8. The fraction of sp³-hybridized carbons (Fsp3) is 0.486. The Bertz CT molecular complexity index is 1310. The van der Waals surface area contributed by atoms with Crippen LogP contribution in [0.2, 0.25) is 0 Å². The molecule has 0 N–H and O–H groups in total. The smallest absolute Gasteiger partial charge is 0.303 e. The zero-order valence-corrected chi connectivity index (χ0v) is 26.8. The molecule has 4 unspecified atom stereocenters. The summed E-state index contributed by atoms with van der Waals surface area (Å²) < 4.78 is 44.9. The van der Waals surface area contributed by atoms with Gasteiger partial charge in [-0.1, -0.05) is 97.9 Å². The van der Waals surface area contributed by atoms with Gasteiger partial charge in [0.2, 0.25) is 0 Å². The molecule has 5 rings (SSSR count). The molecule has 0 amide bonds. The van der Waals surface area contributed by atoms with Crippen LogP contribution in [0.5, 0.6) is 0 Å². The van der Waals surface area contributed by atoms with E-state index in [4.69, 9.17) is 33.2 Å². The highest BCUT2D eigenvalue weighted by Gasteiger charge is 2.51. The summed E-state index contributed by atoms with van der Waals surface area (Å²) in [5, 5.41) is 0. The maximum atomic E-state index is 12.2. The third-order valence-electron chi connectivity index (χ3n) is 8.53. The summed E-state index contributed by atoms with van der Waals surface area (Å²) in [6, 6.07) is 30.1. The predicted octanol–water partition coefficient (Wildman–Crippen LogP) is 6.25. The van der Waals surface area contributed by atoms with Gasteiger partial charge in [0.05, 0.1) is 44.2 Å². The highest BCUT2D eigenvalue weighted by Crippen LogP contribution is 2.36. The quantitative estimate of drug-likeness (QED) is 0.221. The molecule has 2 heterocycles. The Morgan fingerprint density at radius 3 is 1.42 bits per heavy atom. The minimum atomic E-state index is -0.693. The Morgan fingerprint density at radius 2 is 0.956 bits per heavy atom. The molecule has 8 heteroatoms. The summed E-state index contributed by atoms with van der Waals surface area (Å²) in [7, 11) is 0. The van der Waals surface area contributed by atoms with Gasteiger partial charge in [0, 0.05) is 12.8 Å². The Hall–Kier alpha value is -3.11. The molecule has 0 saturated carbocycles. The standard InChI is InChI=1S/C37H46O8/c1-24-32(39-21-29-15-9-6-10-16-29)33(40-22-30-17-11-7-12-18-30)26(3)43-37(24)45-36-34(41-23-31-19-13-8-14-20-31)25(2)42-27(4)35(36)44-28(5)38/h6-20,24-27,32-37H,21-23H2,1-5H3/t24?,25?,26?,27-,32+,33-,34-,35?,36-,37-/m0/s1. The summed E-state index contributed by atoms with van der Waals surface area (Å²) in [5.74, 6) is -0.642. The van der Waals surface area contributed by atoms with Crippen LogP contribution < -0.4 is 0 Å². The second-order valence-corrected chi connectivity index (χ2v) is 12.1. The van der Waals surface area contributed by atoms with Gasteiger partial charge in [0.25, 0.3) is 0 Å². The van der Waals surface area contributed by atoms with Crippen molar-refractivity contribution in [1.82, 2.24) is 0 Å². The highest BCUT2D eigenvalue weighted by molar-refractivity contribution is 5.66. The van der Waals surface area contributed by atoms with Gasteiger partial charge in [-0.25, -0.2) is 0 Å². The average molecular weight is 619 g/mol. The third kappa shape index (κ3) is 8.79. The van der Waals surface area contributed by atoms with E-state index in [0.29, 0.717) is 19.8 Å². The molecule has 3 aromatic carbocycles. The summed E-state index contributed by atoms with van der Waals surface area (Å²) >= 11 is 0. The van der Waals surface area contributed by atoms with Gasteiger partial charge >= 0.3 is 5.97 Å². The van der Waals surface area contributed by atoms with Gasteiger partial charge in [0.1, 0.15) is 18.3 Å². The number of carbonyl (C=O) groups is 1.